The first-order chi connectivity index (χ1) is 10.0. The van der Waals surface area contributed by atoms with Crippen LogP contribution in [0, 0.1) is 0 Å². The molecular weight excluding hydrogens is 272 g/mol. The molecule has 0 radical (unpaired) electrons. The number of fused-ring (bicyclic) bond motifs is 1. The lowest BCUT2D eigenvalue weighted by molar-refractivity contribution is -0.124. The third-order valence-electron chi connectivity index (χ3n) is 3.52. The van der Waals surface area contributed by atoms with E-state index >= 15 is 0 Å². The van der Waals surface area contributed by atoms with Crippen molar-refractivity contribution in [2.45, 2.75) is 45.3 Å². The van der Waals surface area contributed by atoms with Gasteiger partial charge in [-0.25, -0.2) is 0 Å². The van der Waals surface area contributed by atoms with Crippen LogP contribution in [0.25, 0.3) is 0 Å². The molecule has 21 heavy (non-hydrogen) atoms. The number of carbonyl (C=O) groups is 1. The quantitative estimate of drug-likeness (QED) is 0.791. The molecule has 0 fully saturated rings. The second kappa shape index (κ2) is 6.67. The smallest absolute Gasteiger partial charge is 0.258 e. The number of amides is 1. The molecule has 116 valence electrons. The van der Waals surface area contributed by atoms with Crippen molar-refractivity contribution < 1.29 is 19.0 Å². The molecule has 0 aliphatic carbocycles. The summed E-state index contributed by atoms with van der Waals surface area (Å²) in [6.07, 6.45) is 1.32. The number of ether oxygens (including phenoxy) is 3. The lowest BCUT2D eigenvalue weighted by Crippen LogP contribution is -2.33. The summed E-state index contributed by atoms with van der Waals surface area (Å²) in [4.78, 5) is 11.4. The number of hydrogen-bond acceptors (Lipinski definition) is 5. The van der Waals surface area contributed by atoms with Gasteiger partial charge in [-0.2, -0.15) is 0 Å². The third kappa shape index (κ3) is 3.58. The molecule has 6 nitrogen and oxygen atoms in total. The molecule has 1 heterocycles. The maximum atomic E-state index is 11.4. The number of nitrogens with two attached hydrogens (primary N) is 2. The summed E-state index contributed by atoms with van der Waals surface area (Å²) in [5.74, 6) is 1.38. The van der Waals surface area contributed by atoms with E-state index in [-0.39, 0.29) is 12.8 Å². The van der Waals surface area contributed by atoms with Crippen LogP contribution >= 0.6 is 0 Å². The van der Waals surface area contributed by atoms with Crippen LogP contribution in [0.1, 0.15) is 32.3 Å². The molecule has 0 aromatic heterocycles. The van der Waals surface area contributed by atoms with E-state index < -0.39 is 12.0 Å². The fourth-order valence-corrected chi connectivity index (χ4v) is 2.16. The van der Waals surface area contributed by atoms with Gasteiger partial charge in [0.1, 0.15) is 5.75 Å². The predicted octanol–water partition coefficient (Wildman–Crippen LogP) is 1.34. The SMILES string of the molecule is CCC(N)Cc1cc2c(cc1OC(CC)C(N)=O)OCO2. The summed E-state index contributed by atoms with van der Waals surface area (Å²) in [5, 5.41) is 0. The van der Waals surface area contributed by atoms with E-state index in [0.717, 1.165) is 12.0 Å². The topological polar surface area (TPSA) is 96.8 Å². The van der Waals surface area contributed by atoms with Gasteiger partial charge in [0.25, 0.3) is 5.91 Å². The summed E-state index contributed by atoms with van der Waals surface area (Å²) in [6.45, 7) is 4.06. The molecule has 1 aromatic rings. The molecule has 1 aromatic carbocycles. The second-order valence-electron chi connectivity index (χ2n) is 5.10. The van der Waals surface area contributed by atoms with Gasteiger partial charge in [0.2, 0.25) is 6.79 Å². The standard InChI is InChI=1S/C15H22N2O4/c1-3-10(16)5-9-6-13-14(20-8-19-13)7-12(9)21-11(4-2)15(17)18/h6-7,10-11H,3-5,8,16H2,1-2H3,(H2,17,18). The highest BCUT2D eigenvalue weighted by atomic mass is 16.7. The van der Waals surface area contributed by atoms with Gasteiger partial charge < -0.3 is 25.7 Å². The zero-order valence-electron chi connectivity index (χ0n) is 12.4. The molecule has 1 aliphatic heterocycles. The average Bonchev–Trinajstić information content (AvgIpc) is 2.91. The van der Waals surface area contributed by atoms with Crippen molar-refractivity contribution in [1.29, 1.82) is 0 Å². The first kappa shape index (κ1) is 15.4. The Kier molecular flexibility index (Phi) is 4.90. The van der Waals surface area contributed by atoms with Crippen molar-refractivity contribution in [3.05, 3.63) is 17.7 Å². The van der Waals surface area contributed by atoms with Crippen LogP contribution < -0.4 is 25.7 Å². The van der Waals surface area contributed by atoms with Crippen LogP contribution in [0.2, 0.25) is 0 Å². The zero-order chi connectivity index (χ0) is 15.4. The van der Waals surface area contributed by atoms with Crippen molar-refractivity contribution >= 4 is 5.91 Å². The summed E-state index contributed by atoms with van der Waals surface area (Å²) < 4.78 is 16.5. The van der Waals surface area contributed by atoms with Gasteiger partial charge in [0.15, 0.2) is 17.6 Å². The molecule has 2 atom stereocenters. The lowest BCUT2D eigenvalue weighted by atomic mass is 10.0. The van der Waals surface area contributed by atoms with Gasteiger partial charge in [-0.05, 0) is 30.9 Å². The van der Waals surface area contributed by atoms with Crippen molar-refractivity contribution in [3.63, 3.8) is 0 Å². The van der Waals surface area contributed by atoms with Gasteiger partial charge in [0.05, 0.1) is 0 Å². The maximum Gasteiger partial charge on any atom is 0.258 e. The second-order valence-corrected chi connectivity index (χ2v) is 5.10. The predicted molar refractivity (Wildman–Crippen MR) is 78.4 cm³/mol. The van der Waals surface area contributed by atoms with E-state index in [1.165, 1.54) is 0 Å². The van der Waals surface area contributed by atoms with Crippen molar-refractivity contribution in [2.75, 3.05) is 6.79 Å². The highest BCUT2D eigenvalue weighted by Gasteiger charge is 2.22. The van der Waals surface area contributed by atoms with Crippen LogP contribution in [0.4, 0.5) is 0 Å². The number of rotatable bonds is 7. The molecule has 4 N–H and O–H groups in total. The van der Waals surface area contributed by atoms with Crippen LogP contribution in [0.3, 0.4) is 0 Å². The molecule has 2 rings (SSSR count). The van der Waals surface area contributed by atoms with Gasteiger partial charge in [-0.1, -0.05) is 13.8 Å². The maximum absolute atomic E-state index is 11.4. The van der Waals surface area contributed by atoms with Crippen molar-refractivity contribution in [2.24, 2.45) is 11.5 Å². The number of primary amides is 1. The molecule has 6 heteroatoms. The van der Waals surface area contributed by atoms with E-state index in [0.29, 0.717) is 30.1 Å². The molecule has 0 spiro atoms. The third-order valence-corrected chi connectivity index (χ3v) is 3.52. The van der Waals surface area contributed by atoms with E-state index in [2.05, 4.69) is 0 Å². The summed E-state index contributed by atoms with van der Waals surface area (Å²) in [6, 6.07) is 3.62. The summed E-state index contributed by atoms with van der Waals surface area (Å²) in [7, 11) is 0. The van der Waals surface area contributed by atoms with E-state index in [4.69, 9.17) is 25.7 Å². The van der Waals surface area contributed by atoms with Crippen LogP contribution in [-0.4, -0.2) is 24.8 Å². The Labute approximate surface area is 124 Å². The summed E-state index contributed by atoms with van der Waals surface area (Å²) >= 11 is 0. The fraction of sp³-hybridized carbons (Fsp3) is 0.533. The number of hydrogen-bond donors (Lipinski definition) is 2. The number of carbonyl (C=O) groups excluding carboxylic acids is 1. The van der Waals surface area contributed by atoms with Crippen molar-refractivity contribution in [3.8, 4) is 17.2 Å². The van der Waals surface area contributed by atoms with Crippen LogP contribution in [0.15, 0.2) is 12.1 Å². The van der Waals surface area contributed by atoms with Crippen molar-refractivity contribution in [1.82, 2.24) is 0 Å². The highest BCUT2D eigenvalue weighted by molar-refractivity contribution is 5.79. The zero-order valence-corrected chi connectivity index (χ0v) is 12.4. The van der Waals surface area contributed by atoms with Gasteiger partial charge in [-0.3, -0.25) is 4.79 Å². The minimum absolute atomic E-state index is 0.0152. The van der Waals surface area contributed by atoms with Crippen LogP contribution in [0.5, 0.6) is 17.2 Å². The van der Waals surface area contributed by atoms with Gasteiger partial charge >= 0.3 is 0 Å². The fourth-order valence-electron chi connectivity index (χ4n) is 2.16. The molecule has 0 bridgehead atoms. The molecule has 0 saturated carbocycles. The normalized spacial score (nSPS) is 15.6. The first-order valence-corrected chi connectivity index (χ1v) is 7.19. The Bertz CT molecular complexity index is 519. The minimum Gasteiger partial charge on any atom is -0.480 e. The Morgan fingerprint density at radius 3 is 2.52 bits per heavy atom. The van der Waals surface area contributed by atoms with Crippen LogP contribution in [-0.2, 0) is 11.2 Å². The molecule has 2 unspecified atom stereocenters. The monoisotopic (exact) mass is 294 g/mol. The number of benzene rings is 1. The Morgan fingerprint density at radius 2 is 1.95 bits per heavy atom. The molecule has 1 aliphatic rings. The minimum atomic E-state index is -0.665. The lowest BCUT2D eigenvalue weighted by Gasteiger charge is -2.19. The Hall–Kier alpha value is -1.95. The molecular formula is C15H22N2O4. The Morgan fingerprint density at radius 1 is 1.29 bits per heavy atom. The van der Waals surface area contributed by atoms with Gasteiger partial charge in [-0.15, -0.1) is 0 Å². The largest absolute Gasteiger partial charge is 0.480 e. The summed E-state index contributed by atoms with van der Waals surface area (Å²) in [5.41, 5.74) is 12.3. The van der Waals surface area contributed by atoms with Gasteiger partial charge in [0, 0.05) is 12.1 Å². The van der Waals surface area contributed by atoms with E-state index in [1.807, 2.05) is 19.9 Å². The van der Waals surface area contributed by atoms with E-state index in [9.17, 15) is 4.79 Å². The molecule has 1 amide bonds. The molecule has 0 saturated heterocycles. The van der Waals surface area contributed by atoms with E-state index in [1.54, 1.807) is 6.07 Å². The Balaban J connectivity index is 2.30. The highest BCUT2D eigenvalue weighted by Crippen LogP contribution is 2.39. The first-order valence-electron chi connectivity index (χ1n) is 7.19. The average molecular weight is 294 g/mol.